The van der Waals surface area contributed by atoms with Crippen LogP contribution in [-0.4, -0.2) is 16.0 Å². The van der Waals surface area contributed by atoms with Crippen LogP contribution in [0.15, 0.2) is 0 Å². The molecular formula is C12H20N2OS. The minimum absolute atomic E-state index is 0.0146. The van der Waals surface area contributed by atoms with Crippen LogP contribution in [0.3, 0.4) is 0 Å². The highest BCUT2D eigenvalue weighted by atomic mass is 32.1. The number of aromatic nitrogens is 2. The second-order valence-corrected chi connectivity index (χ2v) is 7.16. The van der Waals surface area contributed by atoms with Gasteiger partial charge in [-0.15, -0.1) is 21.5 Å². The number of Topliss-reactive ketones (excluding diaryl/α,β-unsaturated/α-hetero) is 1. The average molecular weight is 240 g/mol. The lowest BCUT2D eigenvalue weighted by atomic mass is 9.89. The summed E-state index contributed by atoms with van der Waals surface area (Å²) in [5.41, 5.74) is -0.283. The monoisotopic (exact) mass is 240 g/mol. The smallest absolute Gasteiger partial charge is 0.145 e. The van der Waals surface area contributed by atoms with Crippen LogP contribution in [-0.2, 0) is 16.6 Å². The van der Waals surface area contributed by atoms with Gasteiger partial charge < -0.3 is 0 Å². The summed E-state index contributed by atoms with van der Waals surface area (Å²) in [5.74, 6) is 0.212. The highest BCUT2D eigenvalue weighted by molar-refractivity contribution is 7.11. The van der Waals surface area contributed by atoms with E-state index in [1.165, 1.54) is 0 Å². The molecule has 0 spiro atoms. The quantitative estimate of drug-likeness (QED) is 0.798. The van der Waals surface area contributed by atoms with E-state index in [9.17, 15) is 4.79 Å². The molecule has 0 radical (unpaired) electrons. The Hall–Kier alpha value is -0.770. The number of rotatable bonds is 2. The van der Waals surface area contributed by atoms with Crippen LogP contribution in [0.5, 0.6) is 0 Å². The normalized spacial score (nSPS) is 12.9. The second kappa shape index (κ2) is 4.24. The summed E-state index contributed by atoms with van der Waals surface area (Å²) in [5, 5.41) is 10.0. The van der Waals surface area contributed by atoms with Crippen molar-refractivity contribution in [1.82, 2.24) is 10.2 Å². The number of carbonyl (C=O) groups excluding carboxylic acids is 1. The maximum atomic E-state index is 11.8. The van der Waals surface area contributed by atoms with Crippen LogP contribution in [0.25, 0.3) is 0 Å². The van der Waals surface area contributed by atoms with E-state index in [0.717, 1.165) is 10.0 Å². The molecule has 0 atom stereocenters. The number of nitrogens with zero attached hydrogens (tertiary/aromatic N) is 2. The van der Waals surface area contributed by atoms with Crippen LogP contribution in [0.4, 0.5) is 0 Å². The lowest BCUT2D eigenvalue weighted by Gasteiger charge is -2.15. The van der Waals surface area contributed by atoms with E-state index in [4.69, 9.17) is 0 Å². The fourth-order valence-electron chi connectivity index (χ4n) is 1.03. The first-order valence-electron chi connectivity index (χ1n) is 5.47. The van der Waals surface area contributed by atoms with E-state index in [1.54, 1.807) is 11.3 Å². The lowest BCUT2D eigenvalue weighted by molar-refractivity contribution is -0.125. The maximum Gasteiger partial charge on any atom is 0.145 e. The molecule has 3 nitrogen and oxygen atoms in total. The number of hydrogen-bond acceptors (Lipinski definition) is 4. The second-order valence-electron chi connectivity index (χ2n) is 6.10. The fraction of sp³-hybridized carbons (Fsp3) is 0.750. The van der Waals surface area contributed by atoms with E-state index in [2.05, 4.69) is 31.0 Å². The number of carbonyl (C=O) groups is 1. The Labute approximate surface area is 101 Å². The summed E-state index contributed by atoms with van der Waals surface area (Å²) in [4.78, 5) is 11.8. The highest BCUT2D eigenvalue weighted by Gasteiger charge is 2.24. The molecule has 0 bridgehead atoms. The van der Waals surface area contributed by atoms with Gasteiger partial charge in [-0.2, -0.15) is 0 Å². The van der Waals surface area contributed by atoms with Crippen LogP contribution in [0.2, 0.25) is 0 Å². The minimum atomic E-state index is -0.298. The molecule has 0 N–H and O–H groups in total. The maximum absolute atomic E-state index is 11.8. The van der Waals surface area contributed by atoms with Crippen molar-refractivity contribution in [2.75, 3.05) is 0 Å². The van der Waals surface area contributed by atoms with Gasteiger partial charge in [-0.25, -0.2) is 0 Å². The van der Waals surface area contributed by atoms with Crippen molar-refractivity contribution < 1.29 is 4.79 Å². The Bertz CT molecular complexity index is 382. The fourth-order valence-corrected chi connectivity index (χ4v) is 1.93. The summed E-state index contributed by atoms with van der Waals surface area (Å²) in [7, 11) is 0. The molecule has 1 rings (SSSR count). The molecule has 1 aromatic rings. The number of ketones is 1. The van der Waals surface area contributed by atoms with E-state index < -0.39 is 0 Å². The zero-order valence-electron chi connectivity index (χ0n) is 10.9. The Morgan fingerprint density at radius 3 is 2.06 bits per heavy atom. The highest BCUT2D eigenvalue weighted by Crippen LogP contribution is 2.26. The molecule has 0 aliphatic carbocycles. The van der Waals surface area contributed by atoms with Crippen molar-refractivity contribution in [3.63, 3.8) is 0 Å². The van der Waals surface area contributed by atoms with Crippen LogP contribution in [0.1, 0.15) is 51.6 Å². The van der Waals surface area contributed by atoms with Crippen molar-refractivity contribution in [3.05, 3.63) is 10.0 Å². The van der Waals surface area contributed by atoms with Gasteiger partial charge in [0.05, 0.1) is 6.42 Å². The van der Waals surface area contributed by atoms with Crippen LogP contribution in [0, 0.1) is 5.41 Å². The zero-order chi connectivity index (χ0) is 12.6. The summed E-state index contributed by atoms with van der Waals surface area (Å²) >= 11 is 1.54. The molecule has 0 aromatic carbocycles. The van der Waals surface area contributed by atoms with Gasteiger partial charge in [0.25, 0.3) is 0 Å². The zero-order valence-corrected chi connectivity index (χ0v) is 11.7. The molecule has 90 valence electrons. The average Bonchev–Trinajstić information content (AvgIpc) is 2.49. The van der Waals surface area contributed by atoms with Crippen molar-refractivity contribution in [2.45, 2.75) is 53.4 Å². The van der Waals surface area contributed by atoms with Gasteiger partial charge in [0, 0.05) is 10.8 Å². The number of hydrogen-bond donors (Lipinski definition) is 0. The largest absolute Gasteiger partial charge is 0.299 e. The van der Waals surface area contributed by atoms with E-state index in [-0.39, 0.29) is 16.6 Å². The Kier molecular flexibility index (Phi) is 3.53. The van der Waals surface area contributed by atoms with Crippen molar-refractivity contribution in [1.29, 1.82) is 0 Å². The molecule has 1 aromatic heterocycles. The predicted octanol–water partition coefficient (Wildman–Crippen LogP) is 2.99. The Morgan fingerprint density at radius 1 is 1.12 bits per heavy atom. The molecule has 0 saturated heterocycles. The molecule has 0 aliphatic rings. The van der Waals surface area contributed by atoms with E-state index in [0.29, 0.717) is 6.42 Å². The van der Waals surface area contributed by atoms with Gasteiger partial charge in [0.2, 0.25) is 0 Å². The summed E-state index contributed by atoms with van der Waals surface area (Å²) < 4.78 is 0. The van der Waals surface area contributed by atoms with Crippen molar-refractivity contribution >= 4 is 17.1 Å². The molecule has 1 heterocycles. The van der Waals surface area contributed by atoms with Gasteiger partial charge in [0.15, 0.2) is 0 Å². The third kappa shape index (κ3) is 3.37. The molecule has 16 heavy (non-hydrogen) atoms. The molecule has 0 saturated carbocycles. The standard InChI is InChI=1S/C12H20N2OS/c1-11(2,3)8(15)7-9-13-14-10(16-9)12(4,5)6/h7H2,1-6H3. The Balaban J connectivity index is 2.78. The Morgan fingerprint density at radius 2 is 1.69 bits per heavy atom. The third-order valence-corrected chi connectivity index (χ3v) is 3.61. The topological polar surface area (TPSA) is 42.9 Å². The molecule has 0 amide bonds. The predicted molar refractivity (Wildman–Crippen MR) is 66.8 cm³/mol. The first kappa shape index (κ1) is 13.3. The first-order valence-corrected chi connectivity index (χ1v) is 6.28. The van der Waals surface area contributed by atoms with Gasteiger partial charge in [-0.1, -0.05) is 41.5 Å². The van der Waals surface area contributed by atoms with E-state index >= 15 is 0 Å². The molecule has 0 fully saturated rings. The SMILES string of the molecule is CC(C)(C)C(=O)Cc1nnc(C(C)(C)C)s1. The van der Waals surface area contributed by atoms with Gasteiger partial charge >= 0.3 is 0 Å². The van der Waals surface area contributed by atoms with Crippen LogP contribution >= 0.6 is 11.3 Å². The summed E-state index contributed by atoms with van der Waals surface area (Å²) in [6.45, 7) is 12.1. The lowest BCUT2D eigenvalue weighted by Crippen LogP contribution is -2.21. The molecule has 4 heteroatoms. The minimum Gasteiger partial charge on any atom is -0.299 e. The first-order chi connectivity index (χ1) is 7.10. The van der Waals surface area contributed by atoms with Gasteiger partial charge in [0.1, 0.15) is 15.8 Å². The van der Waals surface area contributed by atoms with E-state index in [1.807, 2.05) is 20.8 Å². The molecule has 0 unspecified atom stereocenters. The van der Waals surface area contributed by atoms with Gasteiger partial charge in [-0.05, 0) is 0 Å². The van der Waals surface area contributed by atoms with Crippen molar-refractivity contribution in [2.24, 2.45) is 5.41 Å². The summed E-state index contributed by atoms with van der Waals surface area (Å²) in [6.07, 6.45) is 0.400. The third-order valence-electron chi connectivity index (χ3n) is 2.26. The molecular weight excluding hydrogens is 220 g/mol. The van der Waals surface area contributed by atoms with Gasteiger partial charge in [-0.3, -0.25) is 4.79 Å². The van der Waals surface area contributed by atoms with Crippen molar-refractivity contribution in [3.8, 4) is 0 Å². The van der Waals surface area contributed by atoms with Crippen LogP contribution < -0.4 is 0 Å². The molecule has 0 aliphatic heterocycles. The summed E-state index contributed by atoms with van der Waals surface area (Å²) in [6, 6.07) is 0.